The smallest absolute Gasteiger partial charge is 0.311 e. The van der Waals surface area contributed by atoms with E-state index in [9.17, 15) is 9.59 Å². The number of nitrogens with one attached hydrogen (secondary N) is 2. The lowest BCUT2D eigenvalue weighted by atomic mass is 9.89. The maximum absolute atomic E-state index is 12.2. The number of likely N-dealkylation sites (tertiary alicyclic amines) is 1. The molecule has 0 saturated carbocycles. The molecule has 4 rings (SSSR count). The van der Waals surface area contributed by atoms with Crippen LogP contribution in [-0.4, -0.2) is 62.2 Å². The molecule has 1 amide bonds. The van der Waals surface area contributed by atoms with Gasteiger partial charge < -0.3 is 29.4 Å². The molecule has 0 unspecified atom stereocenters. The van der Waals surface area contributed by atoms with Crippen LogP contribution in [0, 0.1) is 0 Å². The predicted molar refractivity (Wildman–Crippen MR) is 170 cm³/mol. The Balaban J connectivity index is 0.00000484. The number of methoxy groups -OCH3 is 2. The predicted octanol–water partition coefficient (Wildman–Crippen LogP) is 6.27. The van der Waals surface area contributed by atoms with Gasteiger partial charge in [-0.1, -0.05) is 43.4 Å². The van der Waals surface area contributed by atoms with Crippen LogP contribution in [0.15, 0.2) is 60.8 Å². The second-order valence-electron chi connectivity index (χ2n) is 10.2. The van der Waals surface area contributed by atoms with Crippen molar-refractivity contribution in [2.75, 3.05) is 40.4 Å². The second-order valence-corrected chi connectivity index (χ2v) is 10.2. The molecule has 2 heterocycles. The number of halogens is 1. The summed E-state index contributed by atoms with van der Waals surface area (Å²) in [6.45, 7) is 5.69. The lowest BCUT2D eigenvalue weighted by Crippen LogP contribution is -2.34. The van der Waals surface area contributed by atoms with Gasteiger partial charge in [0, 0.05) is 36.1 Å². The topological polar surface area (TPSA) is 92.9 Å². The van der Waals surface area contributed by atoms with Crippen molar-refractivity contribution in [2.24, 2.45) is 0 Å². The number of para-hydroxylation sites is 1. The van der Waals surface area contributed by atoms with E-state index in [1.807, 2.05) is 6.08 Å². The summed E-state index contributed by atoms with van der Waals surface area (Å²) in [6, 6.07) is 12.0. The lowest BCUT2D eigenvalue weighted by Gasteiger charge is -2.32. The van der Waals surface area contributed by atoms with E-state index in [4.69, 9.17) is 14.2 Å². The largest absolute Gasteiger partial charge is 0.493 e. The first-order valence-corrected chi connectivity index (χ1v) is 14.4. The van der Waals surface area contributed by atoms with Crippen molar-refractivity contribution >= 4 is 41.3 Å². The number of aromatic amines is 1. The van der Waals surface area contributed by atoms with Crippen molar-refractivity contribution in [3.05, 3.63) is 72.0 Å². The first-order valence-electron chi connectivity index (χ1n) is 14.4. The Morgan fingerprint density at radius 1 is 1.05 bits per heavy atom. The lowest BCUT2D eigenvalue weighted by molar-refractivity contribution is -0.134. The summed E-state index contributed by atoms with van der Waals surface area (Å²) in [5.74, 6) is 1.17. The molecule has 8 nitrogen and oxygen atoms in total. The second kappa shape index (κ2) is 16.6. The molecule has 226 valence electrons. The number of ether oxygens (including phenoxy) is 3. The number of esters is 1. The number of rotatable bonds is 13. The van der Waals surface area contributed by atoms with Crippen molar-refractivity contribution in [1.82, 2.24) is 15.2 Å². The van der Waals surface area contributed by atoms with Gasteiger partial charge in [0.2, 0.25) is 11.7 Å². The van der Waals surface area contributed by atoms with Gasteiger partial charge in [0.15, 0.2) is 11.5 Å². The number of H-pyrrole nitrogens is 1. The van der Waals surface area contributed by atoms with Gasteiger partial charge in [-0.15, -0.1) is 12.4 Å². The van der Waals surface area contributed by atoms with Crippen LogP contribution in [-0.2, 0) is 9.59 Å². The number of benzene rings is 2. The van der Waals surface area contributed by atoms with Gasteiger partial charge in [0.1, 0.15) is 0 Å². The highest BCUT2D eigenvalue weighted by Gasteiger charge is 2.22. The number of fused-ring (bicyclic) bond motifs is 1. The monoisotopic (exact) mass is 595 g/mol. The Kier molecular flexibility index (Phi) is 13.0. The van der Waals surface area contributed by atoms with Crippen molar-refractivity contribution < 1.29 is 23.8 Å². The molecule has 1 aliphatic heterocycles. The molecule has 1 fully saturated rings. The van der Waals surface area contributed by atoms with Gasteiger partial charge in [-0.3, -0.25) is 9.59 Å². The molecule has 0 spiro atoms. The Morgan fingerprint density at radius 2 is 1.76 bits per heavy atom. The Hall–Kier alpha value is -3.75. The van der Waals surface area contributed by atoms with E-state index in [0.717, 1.165) is 38.0 Å². The maximum atomic E-state index is 12.2. The summed E-state index contributed by atoms with van der Waals surface area (Å²) in [7, 11) is 3.01. The number of unbranched alkanes of at least 4 members (excludes halogenated alkanes) is 1. The molecule has 1 saturated heterocycles. The molecule has 0 aliphatic carbocycles. The highest BCUT2D eigenvalue weighted by atomic mass is 35.5. The summed E-state index contributed by atoms with van der Waals surface area (Å²) in [5.41, 5.74) is 3.46. The van der Waals surface area contributed by atoms with E-state index in [2.05, 4.69) is 45.7 Å². The van der Waals surface area contributed by atoms with Gasteiger partial charge in [-0.2, -0.15) is 0 Å². The van der Waals surface area contributed by atoms with Crippen molar-refractivity contribution in [3.63, 3.8) is 0 Å². The molecule has 3 aromatic rings. The average molecular weight is 596 g/mol. The van der Waals surface area contributed by atoms with Gasteiger partial charge >= 0.3 is 5.97 Å². The van der Waals surface area contributed by atoms with Gasteiger partial charge in [0.25, 0.3) is 0 Å². The Morgan fingerprint density at radius 3 is 2.45 bits per heavy atom. The number of nitrogens with zero attached hydrogens (tertiary/aromatic N) is 1. The fourth-order valence-corrected chi connectivity index (χ4v) is 5.22. The molecule has 9 heteroatoms. The van der Waals surface area contributed by atoms with Crippen molar-refractivity contribution in [3.8, 4) is 17.2 Å². The Labute approximate surface area is 254 Å². The molecular weight excluding hydrogens is 554 g/mol. The van der Waals surface area contributed by atoms with Crippen LogP contribution in [0.4, 0.5) is 0 Å². The maximum Gasteiger partial charge on any atom is 0.311 e. The van der Waals surface area contributed by atoms with E-state index in [1.54, 1.807) is 31.2 Å². The van der Waals surface area contributed by atoms with Gasteiger partial charge in [-0.25, -0.2) is 0 Å². The quantitative estimate of drug-likeness (QED) is 0.0796. The van der Waals surface area contributed by atoms with E-state index in [1.165, 1.54) is 49.6 Å². The van der Waals surface area contributed by atoms with Crippen LogP contribution in [0.3, 0.4) is 0 Å². The van der Waals surface area contributed by atoms with Crippen LogP contribution in [0.2, 0.25) is 0 Å². The average Bonchev–Trinajstić information content (AvgIpc) is 3.44. The fraction of sp³-hybridized carbons (Fsp3) is 0.394. The van der Waals surface area contributed by atoms with Gasteiger partial charge in [0.05, 0.1) is 14.2 Å². The number of piperidine rings is 1. The number of amides is 1. The normalized spacial score (nSPS) is 14.3. The number of carbonyl (C=O) groups excluding carboxylic acids is 2. The zero-order chi connectivity index (χ0) is 29.0. The van der Waals surface area contributed by atoms with Crippen molar-refractivity contribution in [1.29, 1.82) is 0 Å². The summed E-state index contributed by atoms with van der Waals surface area (Å²) in [5, 5.41) is 4.32. The summed E-state index contributed by atoms with van der Waals surface area (Å²) < 4.78 is 16.1. The summed E-state index contributed by atoms with van der Waals surface area (Å²) >= 11 is 0. The zero-order valence-electron chi connectivity index (χ0n) is 24.7. The molecule has 0 bridgehead atoms. The summed E-state index contributed by atoms with van der Waals surface area (Å²) in [6.07, 6.45) is 13.6. The zero-order valence-corrected chi connectivity index (χ0v) is 25.5. The first-order chi connectivity index (χ1) is 20.0. The third kappa shape index (κ3) is 8.87. The van der Waals surface area contributed by atoms with Crippen LogP contribution in [0.1, 0.15) is 56.1 Å². The van der Waals surface area contributed by atoms with Crippen LogP contribution >= 0.6 is 12.4 Å². The minimum absolute atomic E-state index is 0. The number of hydrogen-bond acceptors (Lipinski definition) is 6. The first kappa shape index (κ1) is 32.8. The minimum atomic E-state index is -0.374. The van der Waals surface area contributed by atoms with E-state index in [-0.39, 0.29) is 36.5 Å². The van der Waals surface area contributed by atoms with Crippen LogP contribution < -0.4 is 19.5 Å². The molecule has 2 N–H and O–H groups in total. The third-order valence-corrected chi connectivity index (χ3v) is 7.48. The van der Waals surface area contributed by atoms with E-state index < -0.39 is 0 Å². The number of aromatic nitrogens is 1. The number of carbonyl (C=O) groups is 2. The highest BCUT2D eigenvalue weighted by molar-refractivity contribution is 5.88. The SMILES string of the molecule is CCC(=O)Oc1c(OC)cc(C=CC=CC(=O)NCCCCN2CCC(c3c[nH]c4ccccc34)CC2)cc1OC.Cl. The molecule has 1 aliphatic rings. The number of hydrogen-bond donors (Lipinski definition) is 2. The molecule has 2 aromatic carbocycles. The van der Waals surface area contributed by atoms with E-state index >= 15 is 0 Å². The fourth-order valence-electron chi connectivity index (χ4n) is 5.22. The number of allylic oxidation sites excluding steroid dienone is 2. The molecule has 0 radical (unpaired) electrons. The van der Waals surface area contributed by atoms with Crippen LogP contribution in [0.25, 0.3) is 17.0 Å². The molecule has 1 aromatic heterocycles. The highest BCUT2D eigenvalue weighted by Crippen LogP contribution is 2.39. The summed E-state index contributed by atoms with van der Waals surface area (Å²) in [4.78, 5) is 29.9. The van der Waals surface area contributed by atoms with Crippen molar-refractivity contribution in [2.45, 2.75) is 44.9 Å². The molecule has 42 heavy (non-hydrogen) atoms. The molecule has 0 atom stereocenters. The van der Waals surface area contributed by atoms with E-state index in [0.29, 0.717) is 24.0 Å². The van der Waals surface area contributed by atoms with Crippen LogP contribution in [0.5, 0.6) is 17.2 Å². The molecular formula is C33H42ClN3O5. The standard InChI is InChI=1S/C33H41N3O5.ClH/c1-4-32(38)41-33-29(39-2)21-24(22-30(33)40-3)11-5-8-14-31(37)34-17-9-10-18-36-19-15-25(16-20-36)27-23-35-28-13-7-6-12-26(27)28;/h5-8,11-14,21-23,25,35H,4,9-10,15-20H2,1-3H3,(H,34,37);1H. The Bertz CT molecular complexity index is 1350. The minimum Gasteiger partial charge on any atom is -0.493 e. The van der Waals surface area contributed by atoms with Gasteiger partial charge in [-0.05, 0) is 80.6 Å². The third-order valence-electron chi connectivity index (χ3n) is 7.48.